The molecule has 146 valence electrons. The van der Waals surface area contributed by atoms with E-state index in [0.717, 1.165) is 25.7 Å². The summed E-state index contributed by atoms with van der Waals surface area (Å²) in [6.07, 6.45) is 21.0. The fourth-order valence-corrected chi connectivity index (χ4v) is 2.73. The number of rotatable bonds is 17. The quantitative estimate of drug-likeness (QED) is 0.264. The number of allylic oxidation sites excluding steroid dienone is 2. The van der Waals surface area contributed by atoms with Crippen LogP contribution in [0.4, 0.5) is 0 Å². The minimum Gasteiger partial charge on any atom is -0.480 e. The van der Waals surface area contributed by atoms with E-state index in [1.54, 1.807) is 0 Å². The van der Waals surface area contributed by atoms with Gasteiger partial charge in [0.25, 0.3) is 0 Å². The lowest BCUT2D eigenvalue weighted by atomic mass is 10.1. The van der Waals surface area contributed by atoms with Gasteiger partial charge in [0.2, 0.25) is 5.91 Å². The third-order valence-corrected chi connectivity index (χ3v) is 4.41. The number of carbonyl (C=O) groups excluding carboxylic acids is 1. The van der Waals surface area contributed by atoms with Gasteiger partial charge in [0.15, 0.2) is 0 Å². The molecule has 0 aliphatic heterocycles. The van der Waals surface area contributed by atoms with Crippen LogP contribution in [0.1, 0.15) is 104 Å². The average molecular weight is 354 g/mol. The molecule has 0 saturated heterocycles. The monoisotopic (exact) mass is 353 g/mol. The van der Waals surface area contributed by atoms with E-state index in [1.165, 1.54) is 64.7 Å². The molecule has 1 unspecified atom stereocenters. The van der Waals surface area contributed by atoms with Gasteiger partial charge in [0.05, 0.1) is 0 Å². The zero-order chi connectivity index (χ0) is 18.8. The molecule has 0 rings (SSSR count). The summed E-state index contributed by atoms with van der Waals surface area (Å²) in [5.41, 5.74) is 0. The molecule has 0 bridgehead atoms. The number of carboxylic acid groups (broad SMARTS) is 1. The summed E-state index contributed by atoms with van der Waals surface area (Å²) in [7, 11) is 0. The summed E-state index contributed by atoms with van der Waals surface area (Å²) in [5.74, 6) is -1.15. The normalized spacial score (nSPS) is 12.4. The van der Waals surface area contributed by atoms with Crippen molar-refractivity contribution in [3.05, 3.63) is 12.2 Å². The number of carbonyl (C=O) groups is 2. The molecule has 0 aliphatic carbocycles. The third kappa shape index (κ3) is 17.3. The van der Waals surface area contributed by atoms with Gasteiger partial charge in [-0.05, 0) is 39.0 Å². The lowest BCUT2D eigenvalue weighted by Crippen LogP contribution is -2.38. The number of hydrogen-bond donors (Lipinski definition) is 2. The van der Waals surface area contributed by atoms with E-state index in [-0.39, 0.29) is 5.91 Å². The van der Waals surface area contributed by atoms with Gasteiger partial charge < -0.3 is 10.4 Å². The highest BCUT2D eigenvalue weighted by Gasteiger charge is 2.12. The maximum absolute atomic E-state index is 11.5. The van der Waals surface area contributed by atoms with Gasteiger partial charge >= 0.3 is 5.97 Å². The molecule has 1 amide bonds. The second kappa shape index (κ2) is 17.5. The molecule has 0 aromatic carbocycles. The second-order valence-corrected chi connectivity index (χ2v) is 6.96. The van der Waals surface area contributed by atoms with Crippen molar-refractivity contribution in [2.45, 2.75) is 110 Å². The first kappa shape index (κ1) is 23.7. The maximum atomic E-state index is 11.5. The average Bonchev–Trinajstić information content (AvgIpc) is 2.58. The number of unbranched alkanes of at least 4 members (excludes halogenated alkanes) is 11. The first-order valence-electron chi connectivity index (χ1n) is 10.2. The van der Waals surface area contributed by atoms with E-state index in [4.69, 9.17) is 5.11 Å². The van der Waals surface area contributed by atoms with Crippen LogP contribution in [-0.2, 0) is 9.59 Å². The van der Waals surface area contributed by atoms with Crippen molar-refractivity contribution in [2.24, 2.45) is 0 Å². The van der Waals surface area contributed by atoms with E-state index in [0.29, 0.717) is 6.42 Å². The fourth-order valence-electron chi connectivity index (χ4n) is 2.73. The number of aliphatic carboxylic acids is 1. The molecule has 0 radical (unpaired) electrons. The van der Waals surface area contributed by atoms with Gasteiger partial charge in [-0.3, -0.25) is 9.59 Å². The van der Waals surface area contributed by atoms with Gasteiger partial charge in [0.1, 0.15) is 6.04 Å². The first-order chi connectivity index (χ1) is 12.1. The van der Waals surface area contributed by atoms with E-state index in [2.05, 4.69) is 24.4 Å². The van der Waals surface area contributed by atoms with Crippen LogP contribution in [0.25, 0.3) is 0 Å². The predicted molar refractivity (Wildman–Crippen MR) is 105 cm³/mol. The molecule has 0 heterocycles. The largest absolute Gasteiger partial charge is 0.480 e. The zero-order valence-electron chi connectivity index (χ0n) is 16.4. The molecular formula is C21H39NO3. The van der Waals surface area contributed by atoms with E-state index < -0.39 is 12.0 Å². The van der Waals surface area contributed by atoms with Crippen LogP contribution < -0.4 is 5.32 Å². The molecule has 0 fully saturated rings. The Balaban J connectivity index is 3.29. The van der Waals surface area contributed by atoms with Crippen LogP contribution >= 0.6 is 0 Å². The van der Waals surface area contributed by atoms with Crippen LogP contribution in [0.2, 0.25) is 0 Å². The minimum atomic E-state index is -0.988. The molecule has 0 aromatic heterocycles. The van der Waals surface area contributed by atoms with Crippen molar-refractivity contribution in [1.29, 1.82) is 0 Å². The van der Waals surface area contributed by atoms with Gasteiger partial charge in [-0.2, -0.15) is 0 Å². The Kier molecular flexibility index (Phi) is 16.6. The molecule has 2 N–H and O–H groups in total. The fraction of sp³-hybridized carbons (Fsp3) is 0.810. The summed E-state index contributed by atoms with van der Waals surface area (Å²) in [6, 6.07) is -0.796. The summed E-state index contributed by atoms with van der Waals surface area (Å²) in [5, 5.41) is 11.2. The molecule has 0 aliphatic rings. The molecule has 0 aromatic rings. The number of hydrogen-bond acceptors (Lipinski definition) is 2. The Labute approximate surface area is 154 Å². The Morgan fingerprint density at radius 2 is 1.32 bits per heavy atom. The highest BCUT2D eigenvalue weighted by molar-refractivity contribution is 5.83. The van der Waals surface area contributed by atoms with Crippen molar-refractivity contribution in [1.82, 2.24) is 5.32 Å². The molecule has 1 atom stereocenters. The summed E-state index contributed by atoms with van der Waals surface area (Å²) in [6.45, 7) is 3.74. The molecule has 4 heteroatoms. The highest BCUT2D eigenvalue weighted by Crippen LogP contribution is 2.10. The lowest BCUT2D eigenvalue weighted by Gasteiger charge is -2.08. The summed E-state index contributed by atoms with van der Waals surface area (Å²) < 4.78 is 0. The van der Waals surface area contributed by atoms with Crippen molar-refractivity contribution >= 4 is 11.9 Å². The van der Waals surface area contributed by atoms with Crippen LogP contribution in [0, 0.1) is 0 Å². The van der Waals surface area contributed by atoms with Crippen LogP contribution in [0.15, 0.2) is 12.2 Å². The molecule has 25 heavy (non-hydrogen) atoms. The van der Waals surface area contributed by atoms with Gasteiger partial charge in [-0.15, -0.1) is 0 Å². The van der Waals surface area contributed by atoms with Gasteiger partial charge in [-0.25, -0.2) is 0 Å². The smallest absolute Gasteiger partial charge is 0.325 e. The number of nitrogens with one attached hydrogen (secondary N) is 1. The number of carboxylic acids is 1. The minimum absolute atomic E-state index is 0.160. The maximum Gasteiger partial charge on any atom is 0.325 e. The van der Waals surface area contributed by atoms with Gasteiger partial charge in [0, 0.05) is 6.42 Å². The topological polar surface area (TPSA) is 66.4 Å². The predicted octanol–water partition coefficient (Wildman–Crippen LogP) is 5.61. The van der Waals surface area contributed by atoms with Crippen LogP contribution in [0.5, 0.6) is 0 Å². The Morgan fingerprint density at radius 3 is 1.84 bits per heavy atom. The van der Waals surface area contributed by atoms with Crippen molar-refractivity contribution in [2.75, 3.05) is 0 Å². The van der Waals surface area contributed by atoms with E-state index in [9.17, 15) is 9.59 Å². The SMILES string of the molecule is CCCCCCCCC=CCCCCCCCC(=O)NC(C)C(=O)O. The van der Waals surface area contributed by atoms with Crippen molar-refractivity contribution in [3.63, 3.8) is 0 Å². The lowest BCUT2D eigenvalue weighted by molar-refractivity contribution is -0.141. The van der Waals surface area contributed by atoms with E-state index >= 15 is 0 Å². The van der Waals surface area contributed by atoms with Crippen LogP contribution in [-0.4, -0.2) is 23.0 Å². The summed E-state index contributed by atoms with van der Waals surface area (Å²) >= 11 is 0. The Morgan fingerprint density at radius 1 is 0.840 bits per heavy atom. The zero-order valence-corrected chi connectivity index (χ0v) is 16.4. The molecule has 4 nitrogen and oxygen atoms in total. The molecule has 0 spiro atoms. The molecule has 0 saturated carbocycles. The van der Waals surface area contributed by atoms with E-state index in [1.807, 2.05) is 0 Å². The van der Waals surface area contributed by atoms with Crippen molar-refractivity contribution < 1.29 is 14.7 Å². The number of amides is 1. The van der Waals surface area contributed by atoms with Gasteiger partial charge in [-0.1, -0.05) is 70.4 Å². The van der Waals surface area contributed by atoms with Crippen LogP contribution in [0.3, 0.4) is 0 Å². The molecular weight excluding hydrogens is 314 g/mol. The van der Waals surface area contributed by atoms with Crippen molar-refractivity contribution in [3.8, 4) is 0 Å². The second-order valence-electron chi connectivity index (χ2n) is 6.96. The summed E-state index contributed by atoms with van der Waals surface area (Å²) in [4.78, 5) is 22.1. The standard InChI is InChI=1S/C21H39NO3/c1-3-4-5-6-7-8-9-10-11-12-13-14-15-16-17-18-20(23)22-19(2)21(24)25/h10-11,19H,3-9,12-18H2,1-2H3,(H,22,23)(H,24,25). The highest BCUT2D eigenvalue weighted by atomic mass is 16.4. The first-order valence-corrected chi connectivity index (χ1v) is 10.2. The Hall–Kier alpha value is -1.32. The third-order valence-electron chi connectivity index (χ3n) is 4.41. The Bertz CT molecular complexity index is 366.